The first-order valence-corrected chi connectivity index (χ1v) is 21.6. The number of carbonyl (C=O) groups is 1. The topological polar surface area (TPSA) is 50.8 Å². The van der Waals surface area contributed by atoms with Crippen LogP contribution in [0.15, 0.2) is 83.7 Å². The Bertz CT molecular complexity index is 1300. The molecule has 306 valence electrons. The molecule has 0 bridgehead atoms. The van der Waals surface area contributed by atoms with E-state index in [9.17, 15) is 4.79 Å². The molecule has 6 heteroatoms. The summed E-state index contributed by atoms with van der Waals surface area (Å²) >= 11 is 6.25. The molecule has 0 radical (unpaired) electrons. The smallest absolute Gasteiger partial charge is 0.123 e. The summed E-state index contributed by atoms with van der Waals surface area (Å²) in [5, 5.41) is 3.76. The van der Waals surface area contributed by atoms with Crippen LogP contribution in [0.5, 0.6) is 11.5 Å². The fourth-order valence-corrected chi connectivity index (χ4v) is 5.94. The van der Waals surface area contributed by atoms with Gasteiger partial charge in [-0.05, 0) is 108 Å². The molecule has 3 unspecified atom stereocenters. The Labute approximate surface area is 338 Å². The summed E-state index contributed by atoms with van der Waals surface area (Å²) in [5.41, 5.74) is 6.32. The molecule has 2 aromatic carbocycles. The maximum atomic E-state index is 9.57. The zero-order valence-corrected chi connectivity index (χ0v) is 37.2. The average molecular weight is 768 g/mol. The SMILES string of the molecule is CC.CC.CC/C=C(\C)NC1=C(/C=C/C(C)Cl)CCN(C)C1c1ccc(OCC(CCCC)CCCCC)cc1.COc1ccc(C)cc1.O=CC1CC1. The first kappa shape index (κ1) is 51.0. The second-order valence-electron chi connectivity index (χ2n) is 13.9. The van der Waals surface area contributed by atoms with Gasteiger partial charge in [-0.3, -0.25) is 4.90 Å². The molecule has 0 saturated heterocycles. The highest BCUT2D eigenvalue weighted by molar-refractivity contribution is 6.21. The summed E-state index contributed by atoms with van der Waals surface area (Å²) in [7, 11) is 3.89. The number of carbonyl (C=O) groups excluding carboxylic acids is 1. The van der Waals surface area contributed by atoms with E-state index in [4.69, 9.17) is 21.1 Å². The van der Waals surface area contributed by atoms with Gasteiger partial charge in [0.25, 0.3) is 0 Å². The number of nitrogens with one attached hydrogen (secondary N) is 1. The van der Waals surface area contributed by atoms with Crippen LogP contribution in [0.1, 0.15) is 150 Å². The molecule has 5 nitrogen and oxygen atoms in total. The zero-order chi connectivity index (χ0) is 40.7. The lowest BCUT2D eigenvalue weighted by Crippen LogP contribution is -2.36. The van der Waals surface area contributed by atoms with Gasteiger partial charge in [-0.25, -0.2) is 0 Å². The fourth-order valence-electron chi connectivity index (χ4n) is 5.87. The Hall–Kier alpha value is -3.02. The summed E-state index contributed by atoms with van der Waals surface area (Å²) in [5.74, 6) is 3.01. The Balaban J connectivity index is 0.00000127. The third-order valence-electron chi connectivity index (χ3n) is 9.13. The van der Waals surface area contributed by atoms with E-state index in [-0.39, 0.29) is 11.4 Å². The summed E-state index contributed by atoms with van der Waals surface area (Å²) in [6.07, 6.45) is 20.9. The van der Waals surface area contributed by atoms with Crippen molar-refractivity contribution in [1.29, 1.82) is 0 Å². The van der Waals surface area contributed by atoms with Crippen molar-refractivity contribution in [3.05, 3.63) is 94.9 Å². The first-order valence-electron chi connectivity index (χ1n) is 21.1. The lowest BCUT2D eigenvalue weighted by atomic mass is 9.92. The molecule has 1 aliphatic carbocycles. The van der Waals surface area contributed by atoms with E-state index in [1.54, 1.807) is 7.11 Å². The van der Waals surface area contributed by atoms with Gasteiger partial charge < -0.3 is 19.6 Å². The molecule has 1 fully saturated rings. The molecule has 0 amide bonds. The van der Waals surface area contributed by atoms with E-state index in [1.165, 1.54) is 73.0 Å². The standard InChI is InChI=1S/C32H51ClN2O.C8H10O.C4H6O.2C2H6/c1-7-10-12-15-27(14-11-8-2)24-36-30-20-18-29(19-21-30)32-31(34-26(5)13-9-3)28(17-16-25(4)33)22-23-35(32)6;1-7-3-5-8(9-2)6-4-7;5-3-4-1-2-4;2*1-2/h13,16-21,25,27,32,34H,7-12,14-15,22-24H2,1-6H3;3-6H,1-2H3;3-4H,1-2H2;2*1-2H3/b17-16+,26-13+;;;;. The number of hydrogen-bond acceptors (Lipinski definition) is 5. The quantitative estimate of drug-likeness (QED) is 0.0930. The Morgan fingerprint density at radius 3 is 2.02 bits per heavy atom. The van der Waals surface area contributed by atoms with Crippen LogP contribution in [0.4, 0.5) is 0 Å². The van der Waals surface area contributed by atoms with Crippen LogP contribution in [0.25, 0.3) is 0 Å². The van der Waals surface area contributed by atoms with Gasteiger partial charge in [0, 0.05) is 29.2 Å². The highest BCUT2D eigenvalue weighted by Gasteiger charge is 2.28. The average Bonchev–Trinajstić information content (AvgIpc) is 4.04. The molecule has 1 saturated carbocycles. The van der Waals surface area contributed by atoms with Gasteiger partial charge in [0.2, 0.25) is 0 Å². The minimum absolute atomic E-state index is 0.0173. The van der Waals surface area contributed by atoms with Crippen LogP contribution in [-0.4, -0.2) is 43.9 Å². The number of hydrogen-bond donors (Lipinski definition) is 1. The van der Waals surface area contributed by atoms with E-state index in [0.717, 1.165) is 56.6 Å². The van der Waals surface area contributed by atoms with Gasteiger partial charge in [-0.15, -0.1) is 11.6 Å². The maximum absolute atomic E-state index is 9.57. The molecular weight excluding hydrogens is 688 g/mol. The van der Waals surface area contributed by atoms with Crippen molar-refractivity contribution >= 4 is 17.9 Å². The molecule has 3 atom stereocenters. The highest BCUT2D eigenvalue weighted by atomic mass is 35.5. The summed E-state index contributed by atoms with van der Waals surface area (Å²) in [4.78, 5) is 12.0. The molecule has 2 aliphatic rings. The van der Waals surface area contributed by atoms with E-state index in [2.05, 4.69) is 94.4 Å². The van der Waals surface area contributed by atoms with Gasteiger partial charge in [-0.2, -0.15) is 0 Å². The first-order chi connectivity index (χ1) is 26.1. The number of rotatable bonds is 18. The zero-order valence-electron chi connectivity index (χ0n) is 36.5. The van der Waals surface area contributed by atoms with Crippen LogP contribution >= 0.6 is 11.6 Å². The lowest BCUT2D eigenvalue weighted by molar-refractivity contribution is -0.108. The minimum atomic E-state index is 0.0173. The monoisotopic (exact) mass is 767 g/mol. The highest BCUT2D eigenvalue weighted by Crippen LogP contribution is 2.35. The molecule has 0 aromatic heterocycles. The summed E-state index contributed by atoms with van der Waals surface area (Å²) in [6.45, 7) is 22.8. The maximum Gasteiger partial charge on any atom is 0.123 e. The van der Waals surface area contributed by atoms with Gasteiger partial charge in [0.1, 0.15) is 17.8 Å². The van der Waals surface area contributed by atoms with Gasteiger partial charge in [0.05, 0.1) is 19.8 Å². The molecule has 1 N–H and O–H groups in total. The number of aryl methyl sites for hydroxylation is 1. The molecule has 1 aliphatic heterocycles. The van der Waals surface area contributed by atoms with Crippen molar-refractivity contribution in [1.82, 2.24) is 10.2 Å². The lowest BCUT2D eigenvalue weighted by Gasteiger charge is -2.37. The normalized spacial score (nSPS) is 16.5. The number of methoxy groups -OCH3 is 1. The van der Waals surface area contributed by atoms with Crippen LogP contribution in [0, 0.1) is 18.8 Å². The number of nitrogens with zero attached hydrogens (tertiary/aromatic N) is 1. The second-order valence-corrected chi connectivity index (χ2v) is 14.6. The largest absolute Gasteiger partial charge is 0.497 e. The molecule has 1 heterocycles. The third kappa shape index (κ3) is 22.4. The molecule has 54 heavy (non-hydrogen) atoms. The van der Waals surface area contributed by atoms with Crippen molar-refractivity contribution in [2.75, 3.05) is 27.3 Å². The number of allylic oxidation sites excluding steroid dienone is 4. The number of aldehydes is 1. The van der Waals surface area contributed by atoms with Crippen molar-refractivity contribution < 1.29 is 14.3 Å². The Morgan fingerprint density at radius 1 is 0.926 bits per heavy atom. The molecule has 4 rings (SSSR count). The van der Waals surface area contributed by atoms with Crippen molar-refractivity contribution in [3.8, 4) is 11.5 Å². The van der Waals surface area contributed by atoms with E-state index < -0.39 is 0 Å². The molecule has 2 aromatic rings. The van der Waals surface area contributed by atoms with Crippen LogP contribution in [0.3, 0.4) is 0 Å². The van der Waals surface area contributed by atoms with E-state index in [0.29, 0.717) is 11.8 Å². The number of alkyl halides is 1. The fraction of sp³-hybridized carbons (Fsp3) is 0.604. The number of likely N-dealkylation sites (N-methyl/N-ethyl adjacent to an activating group) is 1. The predicted molar refractivity (Wildman–Crippen MR) is 237 cm³/mol. The van der Waals surface area contributed by atoms with Crippen LogP contribution in [0.2, 0.25) is 0 Å². The summed E-state index contributed by atoms with van der Waals surface area (Å²) < 4.78 is 11.3. The number of benzene rings is 2. The predicted octanol–water partition coefficient (Wildman–Crippen LogP) is 13.8. The van der Waals surface area contributed by atoms with Crippen molar-refractivity contribution in [2.24, 2.45) is 11.8 Å². The van der Waals surface area contributed by atoms with Crippen LogP contribution < -0.4 is 14.8 Å². The van der Waals surface area contributed by atoms with Crippen molar-refractivity contribution in [3.63, 3.8) is 0 Å². The Morgan fingerprint density at radius 2 is 1.52 bits per heavy atom. The van der Waals surface area contributed by atoms with E-state index in [1.807, 2.05) is 58.9 Å². The van der Waals surface area contributed by atoms with Gasteiger partial charge in [0.15, 0.2) is 0 Å². The summed E-state index contributed by atoms with van der Waals surface area (Å²) in [6, 6.07) is 16.9. The van der Waals surface area contributed by atoms with E-state index >= 15 is 0 Å². The number of ether oxygens (including phenoxy) is 2. The van der Waals surface area contributed by atoms with Crippen molar-refractivity contribution in [2.45, 2.75) is 151 Å². The third-order valence-corrected chi connectivity index (χ3v) is 9.28. The minimum Gasteiger partial charge on any atom is -0.497 e. The molecule has 0 spiro atoms. The van der Waals surface area contributed by atoms with Gasteiger partial charge in [-0.1, -0.05) is 129 Å². The molecular formula is C48H79ClN2O3. The van der Waals surface area contributed by atoms with Gasteiger partial charge >= 0.3 is 0 Å². The number of halogens is 1. The number of unbranched alkanes of at least 4 members (excludes halogenated alkanes) is 3. The Kier molecular flexibility index (Phi) is 30.4. The van der Waals surface area contributed by atoms with Crippen LogP contribution in [-0.2, 0) is 4.79 Å². The second kappa shape index (κ2) is 32.2.